The van der Waals surface area contributed by atoms with Crippen LogP contribution in [0.5, 0.6) is 5.75 Å². The molecule has 0 aromatic heterocycles. The van der Waals surface area contributed by atoms with Crippen LogP contribution in [0.25, 0.3) is 0 Å². The highest BCUT2D eigenvalue weighted by Gasteiger charge is 2.45. The van der Waals surface area contributed by atoms with Crippen molar-refractivity contribution in [3.8, 4) is 5.75 Å². The maximum absolute atomic E-state index is 15.1. The number of rotatable bonds is 6. The molecule has 2 aromatic carbocycles. The second kappa shape index (κ2) is 10.6. The fourth-order valence-corrected chi connectivity index (χ4v) is 5.10. The Hall–Kier alpha value is -3.13. The molecule has 8 heteroatoms. The van der Waals surface area contributed by atoms with Gasteiger partial charge in [0.05, 0.1) is 11.5 Å². The largest absolute Gasteiger partial charge is 0.486 e. The molecule has 1 heterocycles. The molecule has 1 atom stereocenters. The molecule has 4 rings (SSSR count). The third kappa shape index (κ3) is 5.75. The molecule has 7 nitrogen and oxygen atoms in total. The Morgan fingerprint density at radius 2 is 1.63 bits per heavy atom. The average molecular weight is 485 g/mol. The van der Waals surface area contributed by atoms with Crippen LogP contribution in [0.4, 0.5) is 9.18 Å². The van der Waals surface area contributed by atoms with Crippen LogP contribution in [0.2, 0.25) is 0 Å². The molecule has 2 amide bonds. The number of ether oxygens (including phenoxy) is 1. The van der Waals surface area contributed by atoms with Gasteiger partial charge in [0.1, 0.15) is 6.61 Å². The molecule has 0 radical (unpaired) electrons. The summed E-state index contributed by atoms with van der Waals surface area (Å²) < 4.78 is 20.8. The summed E-state index contributed by atoms with van der Waals surface area (Å²) >= 11 is 0. The first-order valence-electron chi connectivity index (χ1n) is 12.2. The monoisotopic (exact) mass is 484 g/mol. The van der Waals surface area contributed by atoms with Crippen LogP contribution in [-0.4, -0.2) is 63.8 Å². The maximum Gasteiger partial charge on any atom is 0.407 e. The minimum absolute atomic E-state index is 0.0891. The average Bonchev–Trinajstić information content (AvgIpc) is 2.85. The lowest BCUT2D eigenvalue weighted by Crippen LogP contribution is -2.54. The van der Waals surface area contributed by atoms with E-state index in [1.807, 2.05) is 31.2 Å². The highest BCUT2D eigenvalue weighted by atomic mass is 19.1. The minimum Gasteiger partial charge on any atom is -0.486 e. The number of nitrogens with zero attached hydrogens (tertiary/aromatic N) is 2. The van der Waals surface area contributed by atoms with E-state index in [4.69, 9.17) is 4.74 Å². The quantitative estimate of drug-likeness (QED) is 0.638. The summed E-state index contributed by atoms with van der Waals surface area (Å²) in [6.45, 7) is 3.14. The second-order valence-corrected chi connectivity index (χ2v) is 9.66. The molecule has 0 spiro atoms. The van der Waals surface area contributed by atoms with Crippen molar-refractivity contribution in [1.82, 2.24) is 9.80 Å². The Kier molecular flexibility index (Phi) is 7.60. The number of halogens is 1. The number of aryl methyl sites for hydroxylation is 1. The van der Waals surface area contributed by atoms with Crippen LogP contribution in [0, 0.1) is 12.7 Å². The van der Waals surface area contributed by atoms with E-state index in [0.717, 1.165) is 30.4 Å². The molecule has 2 fully saturated rings. The predicted molar refractivity (Wildman–Crippen MR) is 129 cm³/mol. The van der Waals surface area contributed by atoms with Gasteiger partial charge >= 0.3 is 6.09 Å². The van der Waals surface area contributed by atoms with E-state index in [1.165, 1.54) is 17.0 Å². The number of carbonyl (C=O) groups is 2. The molecular formula is C27H33FN2O5. The lowest BCUT2D eigenvalue weighted by molar-refractivity contribution is -0.143. The highest BCUT2D eigenvalue weighted by molar-refractivity contribution is 5.85. The Labute approximate surface area is 205 Å². The van der Waals surface area contributed by atoms with Gasteiger partial charge in [-0.25, -0.2) is 9.18 Å². The van der Waals surface area contributed by atoms with E-state index in [-0.39, 0.29) is 44.4 Å². The zero-order chi connectivity index (χ0) is 25.0. The molecule has 1 saturated heterocycles. The van der Waals surface area contributed by atoms with Crippen molar-refractivity contribution in [3.63, 3.8) is 0 Å². The van der Waals surface area contributed by atoms with Crippen LogP contribution >= 0.6 is 0 Å². The molecule has 1 aliphatic heterocycles. The highest BCUT2D eigenvalue weighted by Crippen LogP contribution is 2.42. The summed E-state index contributed by atoms with van der Waals surface area (Å²) in [5.41, 5.74) is 1.20. The van der Waals surface area contributed by atoms with Crippen molar-refractivity contribution in [2.24, 2.45) is 0 Å². The molecule has 1 aliphatic carbocycles. The number of carbonyl (C=O) groups excluding carboxylic acids is 1. The zero-order valence-corrected chi connectivity index (χ0v) is 20.1. The van der Waals surface area contributed by atoms with Crippen LogP contribution < -0.4 is 4.74 Å². The molecule has 2 aromatic rings. The molecule has 0 bridgehead atoms. The molecule has 1 unspecified atom stereocenters. The first-order chi connectivity index (χ1) is 16.8. The molecule has 2 aliphatic rings. The second-order valence-electron chi connectivity index (χ2n) is 9.66. The van der Waals surface area contributed by atoms with Gasteiger partial charge in [-0.3, -0.25) is 4.79 Å². The summed E-state index contributed by atoms with van der Waals surface area (Å²) in [7, 11) is 0. The molecular weight excluding hydrogens is 451 g/mol. The number of aliphatic hydroxyl groups is 1. The van der Waals surface area contributed by atoms with Crippen LogP contribution in [0.3, 0.4) is 0 Å². The number of benzene rings is 2. The van der Waals surface area contributed by atoms with Gasteiger partial charge in [-0.15, -0.1) is 0 Å². The van der Waals surface area contributed by atoms with Crippen molar-refractivity contribution >= 4 is 12.0 Å². The number of amides is 2. The lowest BCUT2D eigenvalue weighted by Gasteiger charge is -2.42. The topological polar surface area (TPSA) is 90.3 Å². The van der Waals surface area contributed by atoms with Crippen molar-refractivity contribution in [2.75, 3.05) is 26.2 Å². The Bertz CT molecular complexity index is 1040. The van der Waals surface area contributed by atoms with E-state index in [1.54, 1.807) is 11.0 Å². The summed E-state index contributed by atoms with van der Waals surface area (Å²) in [6, 6.07) is 12.3. The number of piperazine rings is 1. The van der Waals surface area contributed by atoms with Gasteiger partial charge in [0, 0.05) is 26.2 Å². The third-order valence-corrected chi connectivity index (χ3v) is 7.17. The summed E-state index contributed by atoms with van der Waals surface area (Å²) in [5.74, 6) is -1.69. The predicted octanol–water partition coefficient (Wildman–Crippen LogP) is 4.31. The summed E-state index contributed by atoms with van der Waals surface area (Å²) in [5, 5.41) is 20.8. The van der Waals surface area contributed by atoms with Gasteiger partial charge in [0.2, 0.25) is 5.91 Å². The fraction of sp³-hybridized carbons (Fsp3) is 0.481. The Morgan fingerprint density at radius 1 is 1.00 bits per heavy atom. The van der Waals surface area contributed by atoms with Gasteiger partial charge in [-0.05, 0) is 43.0 Å². The number of hydrogen-bond donors (Lipinski definition) is 2. The first kappa shape index (κ1) is 25.0. The normalized spacial score (nSPS) is 18.7. The summed E-state index contributed by atoms with van der Waals surface area (Å²) in [4.78, 5) is 27.8. The molecule has 35 heavy (non-hydrogen) atoms. The van der Waals surface area contributed by atoms with Crippen LogP contribution in [-0.2, 0) is 11.4 Å². The van der Waals surface area contributed by atoms with Crippen molar-refractivity contribution in [1.29, 1.82) is 0 Å². The minimum atomic E-state index is -1.27. The van der Waals surface area contributed by atoms with E-state index >= 15 is 4.39 Å². The number of carboxylic acid groups (broad SMARTS) is 1. The van der Waals surface area contributed by atoms with Gasteiger partial charge in [0.15, 0.2) is 11.6 Å². The Balaban J connectivity index is 1.55. The molecule has 188 valence electrons. The summed E-state index contributed by atoms with van der Waals surface area (Å²) in [6.07, 6.45) is 2.50. The number of hydrogen-bond acceptors (Lipinski definition) is 4. The van der Waals surface area contributed by atoms with Crippen LogP contribution in [0.1, 0.15) is 54.7 Å². The van der Waals surface area contributed by atoms with Gasteiger partial charge in [-0.2, -0.15) is 0 Å². The van der Waals surface area contributed by atoms with Gasteiger partial charge < -0.3 is 24.7 Å². The fourth-order valence-electron chi connectivity index (χ4n) is 5.10. The van der Waals surface area contributed by atoms with E-state index in [2.05, 4.69) is 0 Å². The van der Waals surface area contributed by atoms with E-state index in [9.17, 15) is 19.8 Å². The standard InChI is InChI=1S/C27H33FN2O5/c1-19-5-7-20(8-6-19)18-35-23-10-9-21(17-22(23)28)24(27(34)11-3-2-4-12-27)25(31)29-13-15-30(16-14-29)26(32)33/h5-10,17,24,34H,2-4,11-16,18H2,1H3,(H,32,33). The van der Waals surface area contributed by atoms with Crippen molar-refractivity contribution in [3.05, 3.63) is 65.0 Å². The molecule has 1 saturated carbocycles. The van der Waals surface area contributed by atoms with Gasteiger partial charge in [-0.1, -0.05) is 55.2 Å². The lowest BCUT2D eigenvalue weighted by atomic mass is 9.72. The van der Waals surface area contributed by atoms with E-state index in [0.29, 0.717) is 18.4 Å². The first-order valence-corrected chi connectivity index (χ1v) is 12.2. The molecule has 2 N–H and O–H groups in total. The van der Waals surface area contributed by atoms with Crippen molar-refractivity contribution < 1.29 is 28.9 Å². The van der Waals surface area contributed by atoms with Crippen molar-refractivity contribution in [2.45, 2.75) is 57.2 Å². The van der Waals surface area contributed by atoms with Crippen LogP contribution in [0.15, 0.2) is 42.5 Å². The zero-order valence-electron chi connectivity index (χ0n) is 20.1. The SMILES string of the molecule is Cc1ccc(COc2ccc(C(C(=O)N3CCN(C(=O)O)CC3)C3(O)CCCCC3)cc2F)cc1. The maximum atomic E-state index is 15.1. The third-order valence-electron chi connectivity index (χ3n) is 7.17. The van der Waals surface area contributed by atoms with Gasteiger partial charge in [0.25, 0.3) is 0 Å². The Morgan fingerprint density at radius 3 is 2.23 bits per heavy atom. The smallest absolute Gasteiger partial charge is 0.407 e. The van der Waals surface area contributed by atoms with E-state index < -0.39 is 23.4 Å².